The van der Waals surface area contributed by atoms with Gasteiger partial charge in [0.2, 0.25) is 0 Å². The molecule has 315 valence electrons. The van der Waals surface area contributed by atoms with Gasteiger partial charge in [0.25, 0.3) is 0 Å². The minimum Gasteiger partial charge on any atom is -0.501 e. The molecule has 4 heterocycles. The first-order valence-corrected chi connectivity index (χ1v) is 21.6. The second-order valence-electron chi connectivity index (χ2n) is 18.5. The van der Waals surface area contributed by atoms with Crippen molar-refractivity contribution < 1.29 is 24.5 Å². The van der Waals surface area contributed by atoms with Gasteiger partial charge in [0.05, 0.1) is 34.0 Å². The Hall–Kier alpha value is -5.75. The largest absolute Gasteiger partial charge is 0.501 e. The number of pyridine rings is 1. The average Bonchev–Trinajstić information content (AvgIpc) is 3.86. The van der Waals surface area contributed by atoms with Gasteiger partial charge in [-0.1, -0.05) is 138 Å². The van der Waals surface area contributed by atoms with Crippen molar-refractivity contribution in [3.8, 4) is 45.2 Å². The van der Waals surface area contributed by atoms with E-state index in [9.17, 15) is 0 Å². The summed E-state index contributed by atoms with van der Waals surface area (Å²) in [6.07, 6.45) is 8.82. The van der Waals surface area contributed by atoms with Crippen LogP contribution in [0.2, 0.25) is 0 Å². The predicted octanol–water partition coefficient (Wildman–Crippen LogP) is 14.3. The minimum atomic E-state index is -0.156. The molecule has 9 aromatic rings. The van der Waals surface area contributed by atoms with Gasteiger partial charge in [-0.05, 0) is 59.2 Å². The van der Waals surface area contributed by atoms with Crippen molar-refractivity contribution in [1.29, 1.82) is 0 Å². The third-order valence-electron chi connectivity index (χ3n) is 12.0. The Bertz CT molecular complexity index is 2950. The van der Waals surface area contributed by atoms with Crippen LogP contribution in [0.3, 0.4) is 0 Å². The maximum absolute atomic E-state index is 6.49. The third kappa shape index (κ3) is 8.80. The molecule has 10 rings (SSSR count). The molecule has 4 aromatic heterocycles. The van der Waals surface area contributed by atoms with Crippen LogP contribution < -0.4 is 0 Å². The molecule has 1 aliphatic carbocycles. The Kier molecular flexibility index (Phi) is 12.2. The second-order valence-corrected chi connectivity index (χ2v) is 18.5. The van der Waals surface area contributed by atoms with Crippen molar-refractivity contribution in [3.05, 3.63) is 157 Å². The smallest absolute Gasteiger partial charge is 0.134 e. The number of fused-ring (bicyclic) bond motifs is 4. The summed E-state index contributed by atoms with van der Waals surface area (Å²) in [5, 5.41) is 3.23. The van der Waals surface area contributed by atoms with Gasteiger partial charge < -0.3 is 8.98 Å². The number of imidazole rings is 1. The van der Waals surface area contributed by atoms with Crippen molar-refractivity contribution in [2.75, 3.05) is 0 Å². The summed E-state index contributed by atoms with van der Waals surface area (Å²) in [5.74, 6) is 2.56. The van der Waals surface area contributed by atoms with Gasteiger partial charge in [-0.15, -0.1) is 54.1 Å². The minimum absolute atomic E-state index is 0. The fourth-order valence-electron chi connectivity index (χ4n) is 8.43. The third-order valence-corrected chi connectivity index (χ3v) is 12.0. The Morgan fingerprint density at radius 2 is 1.42 bits per heavy atom. The van der Waals surface area contributed by atoms with E-state index in [1.807, 2.05) is 54.7 Å². The van der Waals surface area contributed by atoms with E-state index in [0.29, 0.717) is 0 Å². The molecule has 1 radical (unpaired) electrons. The molecule has 1 fully saturated rings. The Balaban J connectivity index is 0.000000183. The van der Waals surface area contributed by atoms with Gasteiger partial charge >= 0.3 is 0 Å². The van der Waals surface area contributed by atoms with Crippen molar-refractivity contribution in [2.24, 2.45) is 7.05 Å². The first-order valence-electron chi connectivity index (χ1n) is 21.6. The predicted molar refractivity (Wildman–Crippen MR) is 250 cm³/mol. The molecule has 0 N–H and O–H groups in total. The number of hydrogen-bond donors (Lipinski definition) is 0. The molecule has 1 saturated carbocycles. The number of rotatable bonds is 5. The number of hydrogen-bond acceptors (Lipinski definition) is 5. The van der Waals surface area contributed by atoms with E-state index >= 15 is 0 Å². The normalized spacial score (nSPS) is 13.5. The van der Waals surface area contributed by atoms with Gasteiger partial charge in [-0.3, -0.25) is 9.97 Å². The van der Waals surface area contributed by atoms with Gasteiger partial charge in [-0.25, -0.2) is 9.97 Å². The van der Waals surface area contributed by atoms with Gasteiger partial charge in [0.15, 0.2) is 0 Å². The zero-order chi connectivity index (χ0) is 42.3. The summed E-state index contributed by atoms with van der Waals surface area (Å²) in [6.45, 7) is 13.0. The summed E-state index contributed by atoms with van der Waals surface area (Å²) < 4.78 is 8.65. The zero-order valence-corrected chi connectivity index (χ0v) is 39.1. The monoisotopic (exact) mass is 992 g/mol. The van der Waals surface area contributed by atoms with Crippen molar-refractivity contribution in [1.82, 2.24) is 24.5 Å². The molecule has 62 heavy (non-hydrogen) atoms. The van der Waals surface area contributed by atoms with E-state index in [2.05, 4.69) is 143 Å². The fourth-order valence-corrected chi connectivity index (χ4v) is 8.43. The first-order chi connectivity index (χ1) is 29.4. The molecule has 0 amide bonds. The standard InChI is InChI=1S/C33H30N3O.C22H23N2.Ir/c1-32(2,3)29-19-27(35-31(36-29)33(4,5)6)21-14-16-22-23-11-9-12-24(30(23)37-28(22)18-21)26-17-15-20-10-7-8-13-25(20)34-26;1-24-21(16-23-22(24)20-10-6-3-7-11-20)19-14-12-18(13-15-19)17-8-4-2-5-9-17;/h7-11,13-19H,1-6H3;3,6-7,10,12-17H,2,4-5,8-9H2,1H3;/q2*-1;. The number of aromatic nitrogens is 5. The van der Waals surface area contributed by atoms with Crippen LogP contribution in [0.5, 0.6) is 0 Å². The van der Waals surface area contributed by atoms with Gasteiger partial charge in [0.1, 0.15) is 11.4 Å². The summed E-state index contributed by atoms with van der Waals surface area (Å²) in [7, 11) is 2.08. The molecule has 0 saturated heterocycles. The van der Waals surface area contributed by atoms with Crippen LogP contribution in [0.25, 0.3) is 78.0 Å². The quantitative estimate of drug-likeness (QED) is 0.161. The van der Waals surface area contributed by atoms with Crippen LogP contribution in [0.4, 0.5) is 0 Å². The van der Waals surface area contributed by atoms with E-state index in [0.717, 1.165) is 89.9 Å². The van der Waals surface area contributed by atoms with E-state index in [1.165, 1.54) is 43.2 Å². The van der Waals surface area contributed by atoms with Crippen molar-refractivity contribution in [3.63, 3.8) is 0 Å². The van der Waals surface area contributed by atoms with Crippen molar-refractivity contribution in [2.45, 2.75) is 90.4 Å². The topological polar surface area (TPSA) is 69.6 Å². The molecule has 0 spiro atoms. The Morgan fingerprint density at radius 3 is 2.16 bits per heavy atom. The van der Waals surface area contributed by atoms with E-state index in [-0.39, 0.29) is 30.9 Å². The number of nitrogens with zero attached hydrogens (tertiary/aromatic N) is 5. The number of benzene rings is 5. The van der Waals surface area contributed by atoms with Gasteiger partial charge in [0, 0.05) is 55.1 Å². The average molecular weight is 992 g/mol. The van der Waals surface area contributed by atoms with Crippen LogP contribution >= 0.6 is 0 Å². The summed E-state index contributed by atoms with van der Waals surface area (Å²) in [4.78, 5) is 19.4. The summed E-state index contributed by atoms with van der Waals surface area (Å²) in [6, 6.07) is 48.5. The molecule has 0 bridgehead atoms. The van der Waals surface area contributed by atoms with Crippen LogP contribution in [-0.2, 0) is 38.0 Å². The van der Waals surface area contributed by atoms with Gasteiger partial charge in [-0.2, -0.15) is 0 Å². The SMILES string of the molecule is CC(C)(C)c1cc(-c2ccc3c(c2)oc2c(-c4ccc5ccccc5n4)[c-]ccc23)nc(C(C)(C)C)n1.Cn1c(-c2ccc(C3CCCCC3)cc2)cnc1-c1[c-]cccc1.[Ir]. The van der Waals surface area contributed by atoms with E-state index in [4.69, 9.17) is 19.4 Å². The Morgan fingerprint density at radius 1 is 0.661 bits per heavy atom. The molecule has 5 aromatic carbocycles. The molecule has 7 heteroatoms. The molecule has 0 atom stereocenters. The molecule has 0 unspecified atom stereocenters. The first kappa shape index (κ1) is 42.9. The van der Waals surface area contributed by atoms with Crippen LogP contribution in [0.15, 0.2) is 132 Å². The van der Waals surface area contributed by atoms with Crippen LogP contribution in [0, 0.1) is 12.1 Å². The number of para-hydroxylation sites is 1. The zero-order valence-electron chi connectivity index (χ0n) is 36.7. The molecular weight excluding hydrogens is 939 g/mol. The molecule has 1 aliphatic rings. The fraction of sp³-hybridized carbons (Fsp3) is 0.273. The maximum Gasteiger partial charge on any atom is 0.134 e. The van der Waals surface area contributed by atoms with E-state index in [1.54, 1.807) is 0 Å². The van der Waals surface area contributed by atoms with Crippen LogP contribution in [-0.4, -0.2) is 24.5 Å². The maximum atomic E-state index is 6.49. The number of furan rings is 1. The molecule has 0 aliphatic heterocycles. The Labute approximate surface area is 379 Å². The van der Waals surface area contributed by atoms with Crippen molar-refractivity contribution >= 4 is 32.8 Å². The summed E-state index contributed by atoms with van der Waals surface area (Å²) in [5.41, 5.74) is 11.9. The van der Waals surface area contributed by atoms with Crippen LogP contribution in [0.1, 0.15) is 96.6 Å². The molecular formula is C55H53IrN5O-2. The second kappa shape index (κ2) is 17.6. The summed E-state index contributed by atoms with van der Waals surface area (Å²) >= 11 is 0. The molecule has 6 nitrogen and oxygen atoms in total. The van der Waals surface area contributed by atoms with E-state index < -0.39 is 0 Å².